The zero-order chi connectivity index (χ0) is 21.5. The first kappa shape index (κ1) is 20.3. The Bertz CT molecular complexity index is 1180. The van der Waals surface area contributed by atoms with Crippen molar-refractivity contribution in [3.63, 3.8) is 0 Å². The van der Waals surface area contributed by atoms with E-state index >= 15 is 0 Å². The van der Waals surface area contributed by atoms with Crippen LogP contribution in [-0.2, 0) is 4.79 Å². The molecule has 4 rings (SSSR count). The van der Waals surface area contributed by atoms with Crippen LogP contribution in [0.2, 0.25) is 10.0 Å². The monoisotopic (exact) mass is 450 g/mol. The SMILES string of the molecule is O=C1/C(=C\c2ccc(-c3ccc(Cl)c(Cl)c3)o2)C(C(F)(F)F)=NN1c1ccccc1. The number of rotatable bonds is 3. The van der Waals surface area contributed by atoms with Crippen LogP contribution in [0.1, 0.15) is 5.76 Å². The van der Waals surface area contributed by atoms with Crippen molar-refractivity contribution >= 4 is 46.6 Å². The predicted octanol–water partition coefficient (Wildman–Crippen LogP) is 6.60. The number of anilines is 1. The molecule has 0 unspecified atom stereocenters. The summed E-state index contributed by atoms with van der Waals surface area (Å²) in [5.41, 5.74) is -1.09. The van der Waals surface area contributed by atoms with Gasteiger partial charge < -0.3 is 4.42 Å². The van der Waals surface area contributed by atoms with Gasteiger partial charge in [0.25, 0.3) is 5.91 Å². The minimum atomic E-state index is -4.82. The zero-order valence-electron chi connectivity index (χ0n) is 15.0. The first-order valence-corrected chi connectivity index (χ1v) is 9.32. The number of para-hydroxylation sites is 1. The number of nitrogens with zero attached hydrogens (tertiary/aromatic N) is 2. The van der Waals surface area contributed by atoms with Crippen molar-refractivity contribution in [2.45, 2.75) is 6.18 Å². The lowest BCUT2D eigenvalue weighted by Crippen LogP contribution is -2.25. The van der Waals surface area contributed by atoms with Crippen molar-refractivity contribution < 1.29 is 22.4 Å². The van der Waals surface area contributed by atoms with Crippen LogP contribution in [-0.4, -0.2) is 17.8 Å². The van der Waals surface area contributed by atoms with Gasteiger partial charge in [-0.05, 0) is 48.5 Å². The van der Waals surface area contributed by atoms with Crippen molar-refractivity contribution in [2.24, 2.45) is 5.10 Å². The molecule has 0 saturated heterocycles. The van der Waals surface area contributed by atoms with Crippen LogP contribution in [0.4, 0.5) is 18.9 Å². The van der Waals surface area contributed by atoms with Crippen molar-refractivity contribution in [2.75, 3.05) is 5.01 Å². The third-order valence-corrected chi connectivity index (χ3v) is 5.00. The molecule has 3 aromatic rings. The van der Waals surface area contributed by atoms with Gasteiger partial charge in [0.2, 0.25) is 0 Å². The molecule has 152 valence electrons. The molecule has 0 atom stereocenters. The van der Waals surface area contributed by atoms with Gasteiger partial charge in [-0.2, -0.15) is 23.3 Å². The summed E-state index contributed by atoms with van der Waals surface area (Å²) in [7, 11) is 0. The number of alkyl halides is 3. The first-order chi connectivity index (χ1) is 14.2. The maximum Gasteiger partial charge on any atom is 0.435 e. The van der Waals surface area contributed by atoms with Crippen LogP contribution >= 0.6 is 23.2 Å². The lowest BCUT2D eigenvalue weighted by molar-refractivity contribution is -0.114. The van der Waals surface area contributed by atoms with Crippen LogP contribution < -0.4 is 5.01 Å². The highest BCUT2D eigenvalue weighted by atomic mass is 35.5. The van der Waals surface area contributed by atoms with Gasteiger partial charge in [0.15, 0.2) is 5.71 Å². The smallest absolute Gasteiger partial charge is 0.435 e. The fraction of sp³-hybridized carbons (Fsp3) is 0.0476. The lowest BCUT2D eigenvalue weighted by atomic mass is 10.1. The summed E-state index contributed by atoms with van der Waals surface area (Å²) in [6.45, 7) is 0. The second-order valence-electron chi connectivity index (χ2n) is 6.29. The second-order valence-corrected chi connectivity index (χ2v) is 7.10. The van der Waals surface area contributed by atoms with Gasteiger partial charge in [0.05, 0.1) is 21.3 Å². The van der Waals surface area contributed by atoms with E-state index in [-0.39, 0.29) is 11.4 Å². The van der Waals surface area contributed by atoms with Gasteiger partial charge in [-0.25, -0.2) is 0 Å². The van der Waals surface area contributed by atoms with Crippen molar-refractivity contribution in [1.82, 2.24) is 0 Å². The molecule has 0 bridgehead atoms. The fourth-order valence-corrected chi connectivity index (χ4v) is 3.17. The molecule has 0 spiro atoms. The molecule has 0 aliphatic carbocycles. The summed E-state index contributed by atoms with van der Waals surface area (Å²) in [5, 5.41) is 4.89. The molecule has 4 nitrogen and oxygen atoms in total. The minimum Gasteiger partial charge on any atom is -0.457 e. The summed E-state index contributed by atoms with van der Waals surface area (Å²) in [6.07, 6.45) is -3.79. The summed E-state index contributed by atoms with van der Waals surface area (Å²) in [6, 6.07) is 15.7. The van der Waals surface area contributed by atoms with Gasteiger partial charge in [-0.1, -0.05) is 41.4 Å². The van der Waals surface area contributed by atoms with E-state index in [4.69, 9.17) is 27.6 Å². The third-order valence-electron chi connectivity index (χ3n) is 4.26. The van der Waals surface area contributed by atoms with E-state index in [2.05, 4.69) is 5.10 Å². The Hall–Kier alpha value is -3.03. The average Bonchev–Trinajstić information content (AvgIpc) is 3.30. The van der Waals surface area contributed by atoms with Crippen molar-refractivity contribution in [1.29, 1.82) is 0 Å². The quantitative estimate of drug-likeness (QED) is 0.421. The van der Waals surface area contributed by atoms with E-state index in [1.807, 2.05) is 0 Å². The zero-order valence-corrected chi connectivity index (χ0v) is 16.5. The van der Waals surface area contributed by atoms with Crippen LogP contribution in [0.5, 0.6) is 0 Å². The number of benzene rings is 2. The highest BCUT2D eigenvalue weighted by Gasteiger charge is 2.47. The highest BCUT2D eigenvalue weighted by Crippen LogP contribution is 2.34. The van der Waals surface area contributed by atoms with E-state index in [0.717, 1.165) is 11.1 Å². The molecule has 0 saturated carbocycles. The third kappa shape index (κ3) is 3.86. The van der Waals surface area contributed by atoms with Gasteiger partial charge in [0, 0.05) is 5.56 Å². The Labute approximate surface area is 178 Å². The normalized spacial score (nSPS) is 15.8. The van der Waals surface area contributed by atoms with E-state index in [9.17, 15) is 18.0 Å². The number of hydrazone groups is 1. The summed E-state index contributed by atoms with van der Waals surface area (Å²) >= 11 is 11.9. The predicted molar refractivity (Wildman–Crippen MR) is 110 cm³/mol. The molecule has 30 heavy (non-hydrogen) atoms. The van der Waals surface area contributed by atoms with Crippen molar-refractivity contribution in [3.05, 3.63) is 82.0 Å². The Morgan fingerprint density at radius 3 is 2.37 bits per heavy atom. The fourth-order valence-electron chi connectivity index (χ4n) is 2.88. The Kier molecular flexibility index (Phi) is 5.17. The second kappa shape index (κ2) is 7.66. The van der Waals surface area contributed by atoms with Gasteiger partial charge in [0.1, 0.15) is 11.5 Å². The largest absolute Gasteiger partial charge is 0.457 e. The summed E-state index contributed by atoms with van der Waals surface area (Å²) in [5.74, 6) is -0.483. The standard InChI is InChI=1S/C21H11Cl2F3N2O2/c22-16-8-6-12(10-17(16)23)18-9-7-14(30-18)11-15-19(21(24,25)26)27-28(20(15)29)13-4-2-1-3-5-13/h1-11H/b15-11-. The maximum atomic E-state index is 13.5. The summed E-state index contributed by atoms with van der Waals surface area (Å²) < 4.78 is 46.2. The average molecular weight is 451 g/mol. The molecular formula is C21H11Cl2F3N2O2. The Morgan fingerprint density at radius 2 is 1.70 bits per heavy atom. The molecule has 9 heteroatoms. The lowest BCUT2D eigenvalue weighted by Gasteiger charge is -2.10. The van der Waals surface area contributed by atoms with Crippen LogP contribution in [0.3, 0.4) is 0 Å². The molecule has 1 aliphatic heterocycles. The molecule has 1 amide bonds. The topological polar surface area (TPSA) is 45.8 Å². The number of hydrogen-bond acceptors (Lipinski definition) is 3. The minimum absolute atomic E-state index is 0.0614. The molecule has 2 heterocycles. The van der Waals surface area contributed by atoms with Crippen LogP contribution in [0, 0.1) is 0 Å². The number of amides is 1. The number of carbonyl (C=O) groups excluding carboxylic acids is 1. The molecule has 0 fully saturated rings. The number of carbonyl (C=O) groups is 1. The molecule has 1 aromatic heterocycles. The Balaban J connectivity index is 1.72. The number of hydrogen-bond donors (Lipinski definition) is 0. The Morgan fingerprint density at radius 1 is 0.967 bits per heavy atom. The highest BCUT2D eigenvalue weighted by molar-refractivity contribution is 6.42. The van der Waals surface area contributed by atoms with E-state index in [1.165, 1.54) is 18.2 Å². The van der Waals surface area contributed by atoms with Crippen LogP contribution in [0.15, 0.2) is 75.8 Å². The van der Waals surface area contributed by atoms with Crippen molar-refractivity contribution in [3.8, 4) is 11.3 Å². The molecule has 2 aromatic carbocycles. The first-order valence-electron chi connectivity index (χ1n) is 8.56. The van der Waals surface area contributed by atoms with E-state index in [1.54, 1.807) is 42.5 Å². The summed E-state index contributed by atoms with van der Waals surface area (Å²) in [4.78, 5) is 12.7. The van der Waals surface area contributed by atoms with Gasteiger partial charge in [-0.15, -0.1) is 0 Å². The van der Waals surface area contributed by atoms with Gasteiger partial charge in [-0.3, -0.25) is 4.79 Å². The van der Waals surface area contributed by atoms with E-state index in [0.29, 0.717) is 21.4 Å². The maximum absolute atomic E-state index is 13.5. The van der Waals surface area contributed by atoms with E-state index < -0.39 is 23.4 Å². The molecule has 0 radical (unpaired) electrons. The molecular weight excluding hydrogens is 440 g/mol. The molecule has 1 aliphatic rings. The van der Waals surface area contributed by atoms with Crippen LogP contribution in [0.25, 0.3) is 17.4 Å². The molecule has 0 N–H and O–H groups in total. The number of furan rings is 1. The van der Waals surface area contributed by atoms with Gasteiger partial charge >= 0.3 is 6.18 Å². The number of halogens is 5.